The van der Waals surface area contributed by atoms with Crippen molar-refractivity contribution >= 4 is 23.8 Å². The molecule has 1 aromatic heterocycles. The molecular formula is C51H52N2. The molecule has 3 aromatic carbocycles. The van der Waals surface area contributed by atoms with Crippen LogP contribution in [-0.2, 0) is 17.3 Å². The Morgan fingerprint density at radius 3 is 2.17 bits per heavy atom. The monoisotopic (exact) mass is 692 g/mol. The van der Waals surface area contributed by atoms with E-state index in [1.165, 1.54) is 78.2 Å². The fourth-order valence-electron chi connectivity index (χ4n) is 9.91. The molecule has 0 bridgehead atoms. The molecule has 266 valence electrons. The molecule has 4 aromatic rings. The normalized spacial score (nSPS) is 18.6. The predicted octanol–water partition coefficient (Wildman–Crippen LogP) is 12.7. The van der Waals surface area contributed by atoms with Gasteiger partial charge in [-0.3, -0.25) is 0 Å². The highest BCUT2D eigenvalue weighted by atomic mass is 15.1. The molecule has 1 N–H and O–H groups in total. The van der Waals surface area contributed by atoms with Gasteiger partial charge in [0.25, 0.3) is 0 Å². The number of benzene rings is 3. The minimum Gasteiger partial charge on any atom is -0.389 e. The van der Waals surface area contributed by atoms with Crippen LogP contribution in [0.2, 0.25) is 0 Å². The van der Waals surface area contributed by atoms with Gasteiger partial charge in [-0.05, 0) is 106 Å². The van der Waals surface area contributed by atoms with E-state index in [0.717, 1.165) is 31.4 Å². The number of nitrogens with zero attached hydrogens (tertiary/aromatic N) is 1. The van der Waals surface area contributed by atoms with Gasteiger partial charge in [0.15, 0.2) is 0 Å². The van der Waals surface area contributed by atoms with Crippen molar-refractivity contribution in [1.29, 1.82) is 0 Å². The van der Waals surface area contributed by atoms with Crippen molar-refractivity contribution in [3.05, 3.63) is 189 Å². The fraction of sp³-hybridized carbons (Fsp3) is 0.255. The van der Waals surface area contributed by atoms with Crippen molar-refractivity contribution in [3.63, 3.8) is 0 Å². The molecule has 0 fully saturated rings. The first-order chi connectivity index (χ1) is 25.6. The summed E-state index contributed by atoms with van der Waals surface area (Å²) in [5, 5.41) is 3.64. The number of aromatic nitrogens is 1. The van der Waals surface area contributed by atoms with E-state index in [1.807, 2.05) is 19.2 Å². The first-order valence-electron chi connectivity index (χ1n) is 19.3. The number of rotatable bonds is 9. The van der Waals surface area contributed by atoms with Gasteiger partial charge in [0, 0.05) is 46.1 Å². The molecule has 4 aliphatic carbocycles. The van der Waals surface area contributed by atoms with Gasteiger partial charge in [-0.2, -0.15) is 0 Å². The lowest BCUT2D eigenvalue weighted by molar-refractivity contribution is 0.589. The van der Waals surface area contributed by atoms with Crippen LogP contribution in [0.1, 0.15) is 110 Å². The van der Waals surface area contributed by atoms with Crippen LogP contribution in [0.4, 0.5) is 0 Å². The summed E-state index contributed by atoms with van der Waals surface area (Å²) in [7, 11) is 2.05. The van der Waals surface area contributed by atoms with Gasteiger partial charge in [-0.25, -0.2) is 0 Å². The number of nitrogens with one attached hydrogen (secondary N) is 1. The van der Waals surface area contributed by atoms with Crippen LogP contribution in [0.25, 0.3) is 34.9 Å². The Morgan fingerprint density at radius 1 is 0.774 bits per heavy atom. The summed E-state index contributed by atoms with van der Waals surface area (Å²) in [5.41, 5.74) is 21.8. The summed E-state index contributed by atoms with van der Waals surface area (Å²) in [5.74, 6) is 0. The number of hydrogen-bond donors (Lipinski definition) is 1. The molecule has 0 radical (unpaired) electrons. The van der Waals surface area contributed by atoms with E-state index >= 15 is 0 Å². The van der Waals surface area contributed by atoms with E-state index < -0.39 is 0 Å². The molecule has 1 unspecified atom stereocenters. The number of fused-ring (bicyclic) bond motifs is 6. The highest BCUT2D eigenvalue weighted by molar-refractivity contribution is 5.89. The first-order valence-corrected chi connectivity index (χ1v) is 19.3. The lowest BCUT2D eigenvalue weighted by Gasteiger charge is -2.30. The molecule has 1 atom stereocenters. The van der Waals surface area contributed by atoms with Crippen LogP contribution >= 0.6 is 0 Å². The molecule has 4 aliphatic rings. The van der Waals surface area contributed by atoms with Crippen LogP contribution in [0.3, 0.4) is 0 Å². The molecule has 8 rings (SSSR count). The largest absolute Gasteiger partial charge is 0.389 e. The maximum absolute atomic E-state index is 4.41. The summed E-state index contributed by atoms with van der Waals surface area (Å²) in [4.78, 5) is 0. The third-order valence-electron chi connectivity index (χ3n) is 12.5. The summed E-state index contributed by atoms with van der Waals surface area (Å²) >= 11 is 0. The Morgan fingerprint density at radius 2 is 1.45 bits per heavy atom. The summed E-state index contributed by atoms with van der Waals surface area (Å²) in [6.45, 7) is 20.0. The third-order valence-corrected chi connectivity index (χ3v) is 12.5. The standard InChI is InChI=1S/C51H52N2/c1-9-12-13-23-46(52-8)49(35-24-27-39-37-19-14-16-21-42(37)51(6,7)45(39)32-35)53-47(18-10-2)36(11-3)41-31-34(26-29-48(41)53)33-25-28-44-40(30-33)38-20-15-17-22-43(38)50(44,4)5/h9-24,27,30-32,49,52H,1,3,25-26,28-29H2,2,4-8H3/b13-12-,18-10-,46-23+. The van der Waals surface area contributed by atoms with E-state index in [4.69, 9.17) is 0 Å². The van der Waals surface area contributed by atoms with Gasteiger partial charge in [0.05, 0.1) is 6.04 Å². The summed E-state index contributed by atoms with van der Waals surface area (Å²) < 4.78 is 2.60. The zero-order valence-electron chi connectivity index (χ0n) is 32.3. The van der Waals surface area contributed by atoms with Crippen molar-refractivity contribution < 1.29 is 0 Å². The van der Waals surface area contributed by atoms with E-state index in [-0.39, 0.29) is 16.9 Å². The Labute approximate surface area is 317 Å². The molecule has 53 heavy (non-hydrogen) atoms. The Balaban J connectivity index is 1.31. The lowest BCUT2D eigenvalue weighted by Crippen LogP contribution is -2.25. The van der Waals surface area contributed by atoms with Gasteiger partial charge in [0.2, 0.25) is 0 Å². The van der Waals surface area contributed by atoms with Crippen LogP contribution in [0, 0.1) is 0 Å². The minimum absolute atomic E-state index is 0.0818. The number of hydrogen-bond acceptors (Lipinski definition) is 1. The minimum atomic E-state index is -0.0942. The molecule has 0 aliphatic heterocycles. The van der Waals surface area contributed by atoms with Gasteiger partial charge in [0.1, 0.15) is 0 Å². The quantitative estimate of drug-likeness (QED) is 0.173. The highest BCUT2D eigenvalue weighted by Crippen LogP contribution is 2.53. The fourth-order valence-corrected chi connectivity index (χ4v) is 9.91. The molecule has 0 spiro atoms. The Kier molecular flexibility index (Phi) is 8.69. The van der Waals surface area contributed by atoms with Gasteiger partial charge in [-0.1, -0.05) is 150 Å². The highest BCUT2D eigenvalue weighted by Gasteiger charge is 2.39. The molecule has 0 saturated heterocycles. The summed E-state index contributed by atoms with van der Waals surface area (Å²) in [6.07, 6.45) is 23.9. The molecule has 1 heterocycles. The zero-order valence-corrected chi connectivity index (χ0v) is 32.3. The maximum Gasteiger partial charge on any atom is 0.0986 e. The van der Waals surface area contributed by atoms with Gasteiger partial charge >= 0.3 is 0 Å². The van der Waals surface area contributed by atoms with E-state index in [9.17, 15) is 0 Å². The zero-order chi connectivity index (χ0) is 37.1. The van der Waals surface area contributed by atoms with Crippen molar-refractivity contribution in [3.8, 4) is 11.1 Å². The van der Waals surface area contributed by atoms with Crippen LogP contribution < -0.4 is 5.32 Å². The molecule has 0 amide bonds. The van der Waals surface area contributed by atoms with Crippen molar-refractivity contribution in [2.75, 3.05) is 7.05 Å². The average Bonchev–Trinajstić information content (AvgIpc) is 3.70. The Hall–Kier alpha value is -5.34. The number of likely N-dealkylation sites (N-methyl/N-ethyl adjacent to an activating group) is 1. The van der Waals surface area contributed by atoms with E-state index in [1.54, 1.807) is 5.57 Å². The second-order valence-corrected chi connectivity index (χ2v) is 16.0. The van der Waals surface area contributed by atoms with Crippen LogP contribution in [-0.4, -0.2) is 11.6 Å². The predicted molar refractivity (Wildman–Crippen MR) is 228 cm³/mol. The SMILES string of the molecule is C=C/C=C\C=C(\NC)C(c1ccc2c(c1)C(C)(C)c1ccccc1-2)n1c(/C=C\C)c(C=C)c2c1CCC(C1=CC3=C(CC1)C(C)(C)c1ccccc13)=C2. The van der Waals surface area contributed by atoms with Crippen molar-refractivity contribution in [2.45, 2.75) is 77.2 Å². The summed E-state index contributed by atoms with van der Waals surface area (Å²) in [6, 6.07) is 25.0. The Bertz CT molecular complexity index is 2370. The van der Waals surface area contributed by atoms with Crippen LogP contribution in [0.5, 0.6) is 0 Å². The smallest absolute Gasteiger partial charge is 0.0986 e. The second kappa shape index (κ2) is 13.3. The second-order valence-electron chi connectivity index (χ2n) is 16.0. The van der Waals surface area contributed by atoms with Crippen molar-refractivity contribution in [2.24, 2.45) is 0 Å². The first kappa shape index (κ1) is 34.7. The van der Waals surface area contributed by atoms with E-state index in [0.29, 0.717) is 0 Å². The van der Waals surface area contributed by atoms with Gasteiger partial charge in [-0.15, -0.1) is 0 Å². The van der Waals surface area contributed by atoms with Crippen LogP contribution in [0.15, 0.2) is 139 Å². The molecule has 2 heteroatoms. The molecular weight excluding hydrogens is 641 g/mol. The topological polar surface area (TPSA) is 17.0 Å². The molecule has 2 nitrogen and oxygen atoms in total. The van der Waals surface area contributed by atoms with E-state index in [2.05, 4.69) is 167 Å². The number of allylic oxidation sites excluding steroid dienone is 11. The average molecular weight is 693 g/mol. The molecule has 0 saturated carbocycles. The van der Waals surface area contributed by atoms with Gasteiger partial charge < -0.3 is 9.88 Å². The third kappa shape index (κ3) is 5.37. The maximum atomic E-state index is 4.41. The van der Waals surface area contributed by atoms with Crippen molar-refractivity contribution in [1.82, 2.24) is 9.88 Å². The lowest BCUT2D eigenvalue weighted by atomic mass is 9.76.